The van der Waals surface area contributed by atoms with E-state index < -0.39 is 0 Å². The van der Waals surface area contributed by atoms with Gasteiger partial charge in [0, 0.05) is 21.5 Å². The third-order valence-corrected chi connectivity index (χ3v) is 6.02. The Bertz CT molecular complexity index is 1290. The predicted molar refractivity (Wildman–Crippen MR) is 140 cm³/mol. The van der Waals surface area contributed by atoms with Gasteiger partial charge in [-0.05, 0) is 64.7 Å². The summed E-state index contributed by atoms with van der Waals surface area (Å²) in [5, 5.41) is 0. The fourth-order valence-corrected chi connectivity index (χ4v) is 4.32. The molecule has 0 aliphatic carbocycles. The van der Waals surface area contributed by atoms with Crippen LogP contribution in [0.2, 0.25) is 0 Å². The monoisotopic (exact) mass is 475 g/mol. The molecule has 0 heterocycles. The number of para-hydroxylation sites is 1. The van der Waals surface area contributed by atoms with Crippen LogP contribution in [0.4, 0.5) is 17.1 Å². The van der Waals surface area contributed by atoms with Crippen molar-refractivity contribution < 1.29 is 0 Å². The largest absolute Gasteiger partial charge is 0.310 e. The van der Waals surface area contributed by atoms with Gasteiger partial charge >= 0.3 is 0 Å². The van der Waals surface area contributed by atoms with Gasteiger partial charge in [0.25, 0.3) is 0 Å². The van der Waals surface area contributed by atoms with E-state index in [-0.39, 0.29) is 0 Å². The van der Waals surface area contributed by atoms with Crippen molar-refractivity contribution >= 4 is 33.0 Å². The molecule has 0 atom stereocenters. The number of rotatable bonds is 5. The maximum atomic E-state index is 3.61. The molecule has 5 rings (SSSR count). The number of nitrogens with zero attached hydrogens (tertiary/aromatic N) is 1. The number of anilines is 3. The summed E-state index contributed by atoms with van der Waals surface area (Å²) in [7, 11) is 0. The molecule has 5 aromatic carbocycles. The summed E-state index contributed by atoms with van der Waals surface area (Å²) in [5.41, 5.74) is 8.26. The van der Waals surface area contributed by atoms with Crippen LogP contribution < -0.4 is 4.90 Å². The van der Waals surface area contributed by atoms with E-state index in [1.54, 1.807) is 0 Å². The molecule has 0 radical (unpaired) electrons. The molecule has 32 heavy (non-hydrogen) atoms. The quantitative estimate of drug-likeness (QED) is 0.244. The van der Waals surface area contributed by atoms with E-state index in [1.165, 1.54) is 22.3 Å². The second kappa shape index (κ2) is 9.25. The van der Waals surface area contributed by atoms with Gasteiger partial charge in [-0.15, -0.1) is 0 Å². The lowest BCUT2D eigenvalue weighted by molar-refractivity contribution is 1.28. The van der Waals surface area contributed by atoms with E-state index in [2.05, 4.69) is 142 Å². The second-order valence-corrected chi connectivity index (χ2v) is 8.56. The van der Waals surface area contributed by atoms with Crippen LogP contribution in [-0.4, -0.2) is 0 Å². The van der Waals surface area contributed by atoms with E-state index in [4.69, 9.17) is 0 Å². The summed E-state index contributed by atoms with van der Waals surface area (Å²) in [6.45, 7) is 0. The molecule has 0 unspecified atom stereocenters. The summed E-state index contributed by atoms with van der Waals surface area (Å²) in [6, 6.07) is 46.9. The normalized spacial score (nSPS) is 10.7. The Morgan fingerprint density at radius 2 is 0.812 bits per heavy atom. The molecule has 5 aromatic rings. The van der Waals surface area contributed by atoms with Crippen LogP contribution in [0.3, 0.4) is 0 Å². The molecule has 0 saturated heterocycles. The second-order valence-electron chi connectivity index (χ2n) is 7.64. The van der Waals surface area contributed by atoms with Gasteiger partial charge in [-0.3, -0.25) is 0 Å². The topological polar surface area (TPSA) is 3.24 Å². The molecular formula is C30H22BrN. The van der Waals surface area contributed by atoms with E-state index in [0.29, 0.717) is 0 Å². The lowest BCUT2D eigenvalue weighted by Gasteiger charge is -2.25. The molecule has 0 fully saturated rings. The SMILES string of the molecule is Brc1cccc(N(c2ccccc2)c2ccc(-c3ccc(-c4ccccc4)cc3)cc2)c1. The van der Waals surface area contributed by atoms with Crippen LogP contribution in [-0.2, 0) is 0 Å². The number of benzene rings is 5. The van der Waals surface area contributed by atoms with Crippen molar-refractivity contribution in [3.63, 3.8) is 0 Å². The van der Waals surface area contributed by atoms with Crippen LogP contribution in [0.25, 0.3) is 22.3 Å². The summed E-state index contributed by atoms with van der Waals surface area (Å²) in [5.74, 6) is 0. The Hall–Kier alpha value is -3.62. The van der Waals surface area contributed by atoms with Crippen LogP contribution in [0.1, 0.15) is 0 Å². The summed E-state index contributed by atoms with van der Waals surface area (Å²) >= 11 is 3.61. The van der Waals surface area contributed by atoms with Crippen molar-refractivity contribution in [2.75, 3.05) is 4.90 Å². The third kappa shape index (κ3) is 4.37. The Kier molecular flexibility index (Phi) is 5.87. The highest BCUT2D eigenvalue weighted by molar-refractivity contribution is 9.10. The zero-order valence-electron chi connectivity index (χ0n) is 17.5. The van der Waals surface area contributed by atoms with Crippen molar-refractivity contribution in [3.8, 4) is 22.3 Å². The first kappa shape index (κ1) is 20.3. The molecule has 154 valence electrons. The Labute approximate surface area is 197 Å². The fraction of sp³-hybridized carbons (Fsp3) is 0. The highest BCUT2D eigenvalue weighted by Gasteiger charge is 2.12. The van der Waals surface area contributed by atoms with Gasteiger partial charge in [0.15, 0.2) is 0 Å². The molecule has 0 amide bonds. The molecule has 0 N–H and O–H groups in total. The summed E-state index contributed by atoms with van der Waals surface area (Å²) in [6.07, 6.45) is 0. The summed E-state index contributed by atoms with van der Waals surface area (Å²) < 4.78 is 1.06. The lowest BCUT2D eigenvalue weighted by atomic mass is 10.00. The van der Waals surface area contributed by atoms with Gasteiger partial charge < -0.3 is 4.90 Å². The highest BCUT2D eigenvalue weighted by atomic mass is 79.9. The lowest BCUT2D eigenvalue weighted by Crippen LogP contribution is -2.09. The van der Waals surface area contributed by atoms with Crippen molar-refractivity contribution in [1.82, 2.24) is 0 Å². The molecule has 0 aliphatic rings. The van der Waals surface area contributed by atoms with Crippen molar-refractivity contribution in [2.24, 2.45) is 0 Å². The Morgan fingerprint density at radius 1 is 0.375 bits per heavy atom. The van der Waals surface area contributed by atoms with E-state index in [1.807, 2.05) is 12.1 Å². The average molecular weight is 476 g/mol. The molecular weight excluding hydrogens is 454 g/mol. The number of hydrogen-bond donors (Lipinski definition) is 0. The Morgan fingerprint density at radius 3 is 1.38 bits per heavy atom. The number of hydrogen-bond acceptors (Lipinski definition) is 1. The van der Waals surface area contributed by atoms with Gasteiger partial charge in [0.2, 0.25) is 0 Å². The van der Waals surface area contributed by atoms with Crippen LogP contribution >= 0.6 is 15.9 Å². The van der Waals surface area contributed by atoms with Crippen molar-refractivity contribution in [3.05, 3.63) is 138 Å². The first-order valence-electron chi connectivity index (χ1n) is 10.6. The van der Waals surface area contributed by atoms with E-state index in [9.17, 15) is 0 Å². The first-order chi connectivity index (χ1) is 15.8. The smallest absolute Gasteiger partial charge is 0.0472 e. The fourth-order valence-electron chi connectivity index (χ4n) is 3.93. The minimum Gasteiger partial charge on any atom is -0.310 e. The van der Waals surface area contributed by atoms with E-state index >= 15 is 0 Å². The molecule has 0 saturated carbocycles. The van der Waals surface area contributed by atoms with Crippen LogP contribution in [0.5, 0.6) is 0 Å². The minimum atomic E-state index is 1.06. The zero-order valence-corrected chi connectivity index (χ0v) is 19.1. The zero-order chi connectivity index (χ0) is 21.8. The van der Waals surface area contributed by atoms with E-state index in [0.717, 1.165) is 21.5 Å². The maximum Gasteiger partial charge on any atom is 0.0472 e. The molecule has 0 aromatic heterocycles. The number of halogens is 1. The first-order valence-corrected chi connectivity index (χ1v) is 11.4. The molecule has 0 spiro atoms. The average Bonchev–Trinajstić information content (AvgIpc) is 2.86. The summed E-state index contributed by atoms with van der Waals surface area (Å²) in [4.78, 5) is 2.27. The standard InChI is InChI=1S/C30H22BrN/c31-27-10-7-13-30(22-27)32(28-11-5-2-6-12-28)29-20-18-26(19-21-29)25-16-14-24(15-17-25)23-8-3-1-4-9-23/h1-22H. The molecule has 2 heteroatoms. The minimum absolute atomic E-state index is 1.06. The van der Waals surface area contributed by atoms with Gasteiger partial charge in [0.05, 0.1) is 0 Å². The van der Waals surface area contributed by atoms with Gasteiger partial charge in [-0.1, -0.05) is 107 Å². The third-order valence-electron chi connectivity index (χ3n) is 5.53. The van der Waals surface area contributed by atoms with Gasteiger partial charge in [-0.25, -0.2) is 0 Å². The van der Waals surface area contributed by atoms with Crippen molar-refractivity contribution in [2.45, 2.75) is 0 Å². The van der Waals surface area contributed by atoms with Gasteiger partial charge in [0.1, 0.15) is 0 Å². The van der Waals surface area contributed by atoms with Crippen LogP contribution in [0, 0.1) is 0 Å². The van der Waals surface area contributed by atoms with Crippen LogP contribution in [0.15, 0.2) is 138 Å². The molecule has 0 aliphatic heterocycles. The predicted octanol–water partition coefficient (Wildman–Crippen LogP) is 9.25. The molecule has 1 nitrogen and oxygen atoms in total. The van der Waals surface area contributed by atoms with Crippen molar-refractivity contribution in [1.29, 1.82) is 0 Å². The Balaban J connectivity index is 1.47. The van der Waals surface area contributed by atoms with Gasteiger partial charge in [-0.2, -0.15) is 0 Å². The molecule has 0 bridgehead atoms. The highest BCUT2D eigenvalue weighted by Crippen LogP contribution is 2.36. The maximum absolute atomic E-state index is 3.61.